The van der Waals surface area contributed by atoms with Crippen LogP contribution in [0, 0.1) is 0 Å². The van der Waals surface area contributed by atoms with E-state index in [2.05, 4.69) is 9.88 Å². The molecule has 0 atom stereocenters. The number of hydrogen-bond donors (Lipinski definition) is 1. The largest absolute Gasteiger partial charge is 0.353 e. The van der Waals surface area contributed by atoms with Crippen molar-refractivity contribution in [3.63, 3.8) is 0 Å². The van der Waals surface area contributed by atoms with Crippen molar-refractivity contribution in [1.82, 2.24) is 14.2 Å². The molecule has 1 amide bonds. The van der Waals surface area contributed by atoms with Gasteiger partial charge in [0.2, 0.25) is 15.9 Å². The fourth-order valence-electron chi connectivity index (χ4n) is 4.39. The minimum atomic E-state index is -3.39. The Morgan fingerprint density at radius 1 is 1.07 bits per heavy atom. The van der Waals surface area contributed by atoms with Gasteiger partial charge in [-0.15, -0.1) is 0 Å². The van der Waals surface area contributed by atoms with E-state index in [1.807, 2.05) is 18.3 Å². The zero-order valence-electron chi connectivity index (χ0n) is 16.3. The van der Waals surface area contributed by atoms with Crippen molar-refractivity contribution < 1.29 is 13.2 Å². The first-order valence-electron chi connectivity index (χ1n) is 10.4. The standard InChI is InChI=1S/C21H29N3O3S/c25-21(22-18-6-1-2-7-18)8-5-12-23-15-11-17-16-19(9-10-20(17)23)28(26,27)24-13-3-4-14-24/h9-11,15-16,18H,1-8,12-14H2,(H,22,25). The molecule has 6 nitrogen and oxygen atoms in total. The molecule has 1 aromatic heterocycles. The smallest absolute Gasteiger partial charge is 0.243 e. The highest BCUT2D eigenvalue weighted by molar-refractivity contribution is 7.89. The molecular weight excluding hydrogens is 374 g/mol. The zero-order valence-corrected chi connectivity index (χ0v) is 17.1. The molecule has 4 rings (SSSR count). The number of benzene rings is 1. The SMILES string of the molecule is O=C(CCCn1ccc2cc(S(=O)(=O)N3CCCC3)ccc21)NC1CCCC1. The van der Waals surface area contributed by atoms with Gasteiger partial charge in [-0.1, -0.05) is 12.8 Å². The molecule has 152 valence electrons. The number of fused-ring (bicyclic) bond motifs is 1. The summed E-state index contributed by atoms with van der Waals surface area (Å²) in [7, 11) is -3.39. The lowest BCUT2D eigenvalue weighted by atomic mass is 10.2. The third-order valence-electron chi connectivity index (χ3n) is 5.97. The number of nitrogens with one attached hydrogen (secondary N) is 1. The Morgan fingerprint density at radius 2 is 1.82 bits per heavy atom. The van der Waals surface area contributed by atoms with E-state index < -0.39 is 10.0 Å². The highest BCUT2D eigenvalue weighted by Gasteiger charge is 2.27. The van der Waals surface area contributed by atoms with Crippen molar-refractivity contribution in [2.75, 3.05) is 13.1 Å². The van der Waals surface area contributed by atoms with Gasteiger partial charge in [0.05, 0.1) is 4.90 Å². The third kappa shape index (κ3) is 4.10. The van der Waals surface area contributed by atoms with E-state index >= 15 is 0 Å². The zero-order chi connectivity index (χ0) is 19.6. The first-order valence-corrected chi connectivity index (χ1v) is 11.9. The molecule has 7 heteroatoms. The number of rotatable bonds is 7. The topological polar surface area (TPSA) is 71.4 Å². The number of carbonyl (C=O) groups excluding carboxylic acids is 1. The van der Waals surface area contributed by atoms with Crippen LogP contribution in [0.3, 0.4) is 0 Å². The number of aromatic nitrogens is 1. The molecule has 1 N–H and O–H groups in total. The molecule has 0 bridgehead atoms. The molecule has 2 heterocycles. The van der Waals surface area contributed by atoms with Gasteiger partial charge >= 0.3 is 0 Å². The number of sulfonamides is 1. The Morgan fingerprint density at radius 3 is 2.57 bits per heavy atom. The third-order valence-corrected chi connectivity index (χ3v) is 7.86. The van der Waals surface area contributed by atoms with Crippen LogP contribution in [0.2, 0.25) is 0 Å². The van der Waals surface area contributed by atoms with Crippen LogP contribution >= 0.6 is 0 Å². The Kier molecular flexibility index (Phi) is 5.73. The molecule has 0 radical (unpaired) electrons. The quantitative estimate of drug-likeness (QED) is 0.771. The molecular formula is C21H29N3O3S. The average molecular weight is 404 g/mol. The Hall–Kier alpha value is -1.86. The van der Waals surface area contributed by atoms with E-state index in [0.29, 0.717) is 30.4 Å². The van der Waals surface area contributed by atoms with Crippen molar-refractivity contribution in [3.8, 4) is 0 Å². The van der Waals surface area contributed by atoms with E-state index in [1.165, 1.54) is 12.8 Å². The number of nitrogens with zero attached hydrogens (tertiary/aromatic N) is 2. The summed E-state index contributed by atoms with van der Waals surface area (Å²) >= 11 is 0. The normalized spacial score (nSPS) is 18.9. The molecule has 2 aromatic rings. The minimum absolute atomic E-state index is 0.141. The van der Waals surface area contributed by atoms with Crippen molar-refractivity contribution in [2.45, 2.75) is 68.8 Å². The highest BCUT2D eigenvalue weighted by atomic mass is 32.2. The van der Waals surface area contributed by atoms with Crippen LogP contribution in [-0.2, 0) is 21.4 Å². The average Bonchev–Trinajstić information content (AvgIpc) is 3.43. The van der Waals surface area contributed by atoms with Gasteiger partial charge in [0, 0.05) is 49.2 Å². The Labute approximate surface area is 166 Å². The van der Waals surface area contributed by atoms with E-state index in [9.17, 15) is 13.2 Å². The fourth-order valence-corrected chi connectivity index (χ4v) is 5.94. The van der Waals surface area contributed by atoms with Crippen molar-refractivity contribution in [1.29, 1.82) is 0 Å². The Balaban J connectivity index is 1.38. The van der Waals surface area contributed by atoms with E-state index in [0.717, 1.165) is 49.6 Å². The van der Waals surface area contributed by atoms with Crippen LogP contribution in [0.25, 0.3) is 10.9 Å². The van der Waals surface area contributed by atoms with Gasteiger partial charge in [0.1, 0.15) is 0 Å². The van der Waals surface area contributed by atoms with Gasteiger partial charge in [-0.05, 0) is 56.4 Å². The first-order chi connectivity index (χ1) is 13.5. The van der Waals surface area contributed by atoms with E-state index in [4.69, 9.17) is 0 Å². The summed E-state index contributed by atoms with van der Waals surface area (Å²) in [6, 6.07) is 7.69. The summed E-state index contributed by atoms with van der Waals surface area (Å²) in [4.78, 5) is 12.5. The van der Waals surface area contributed by atoms with E-state index in [1.54, 1.807) is 16.4 Å². The second-order valence-corrected chi connectivity index (χ2v) is 9.93. The fraction of sp³-hybridized carbons (Fsp3) is 0.571. The van der Waals surface area contributed by atoms with Crippen LogP contribution in [0.5, 0.6) is 0 Å². The van der Waals surface area contributed by atoms with Gasteiger partial charge in [-0.25, -0.2) is 8.42 Å². The molecule has 1 saturated heterocycles. The highest BCUT2D eigenvalue weighted by Crippen LogP contribution is 2.25. The van der Waals surface area contributed by atoms with Crippen molar-refractivity contribution in [3.05, 3.63) is 30.5 Å². The predicted molar refractivity (Wildman–Crippen MR) is 110 cm³/mol. The lowest BCUT2D eigenvalue weighted by molar-refractivity contribution is -0.121. The lowest BCUT2D eigenvalue weighted by Gasteiger charge is -2.15. The second-order valence-electron chi connectivity index (χ2n) is 7.99. The van der Waals surface area contributed by atoms with Crippen LogP contribution in [0.15, 0.2) is 35.4 Å². The maximum Gasteiger partial charge on any atom is 0.243 e. The van der Waals surface area contributed by atoms with Gasteiger partial charge in [-0.3, -0.25) is 4.79 Å². The molecule has 1 aliphatic heterocycles. The summed E-state index contributed by atoms with van der Waals surface area (Å²) < 4.78 is 29.2. The van der Waals surface area contributed by atoms with Crippen LogP contribution in [-0.4, -0.2) is 42.3 Å². The van der Waals surface area contributed by atoms with Gasteiger partial charge in [0.25, 0.3) is 0 Å². The minimum Gasteiger partial charge on any atom is -0.353 e. The summed E-state index contributed by atoms with van der Waals surface area (Å²) in [6.45, 7) is 1.98. The summed E-state index contributed by atoms with van der Waals surface area (Å²) in [5.74, 6) is 0.141. The van der Waals surface area contributed by atoms with Gasteiger partial charge < -0.3 is 9.88 Å². The number of aryl methyl sites for hydroxylation is 1. The van der Waals surface area contributed by atoms with Crippen LogP contribution in [0.4, 0.5) is 0 Å². The van der Waals surface area contributed by atoms with Gasteiger partial charge in [0.15, 0.2) is 0 Å². The lowest BCUT2D eigenvalue weighted by Crippen LogP contribution is -2.32. The predicted octanol–water partition coefficient (Wildman–Crippen LogP) is 3.26. The molecule has 1 aromatic carbocycles. The molecule has 2 fully saturated rings. The molecule has 0 unspecified atom stereocenters. The van der Waals surface area contributed by atoms with Crippen LogP contribution in [0.1, 0.15) is 51.4 Å². The summed E-state index contributed by atoms with van der Waals surface area (Å²) in [5.41, 5.74) is 1.01. The van der Waals surface area contributed by atoms with E-state index in [-0.39, 0.29) is 5.91 Å². The monoisotopic (exact) mass is 403 g/mol. The number of hydrogen-bond acceptors (Lipinski definition) is 3. The molecule has 1 saturated carbocycles. The molecule has 2 aliphatic rings. The van der Waals surface area contributed by atoms with Crippen molar-refractivity contribution in [2.24, 2.45) is 0 Å². The maximum absolute atomic E-state index is 12.7. The van der Waals surface area contributed by atoms with Crippen molar-refractivity contribution >= 4 is 26.8 Å². The Bertz CT molecular complexity index is 939. The number of amides is 1. The van der Waals surface area contributed by atoms with Gasteiger partial charge in [-0.2, -0.15) is 4.31 Å². The number of carbonyl (C=O) groups is 1. The van der Waals surface area contributed by atoms with Crippen LogP contribution < -0.4 is 5.32 Å². The first kappa shape index (κ1) is 19.5. The molecule has 1 aliphatic carbocycles. The molecule has 28 heavy (non-hydrogen) atoms. The second kappa shape index (κ2) is 8.25. The summed E-state index contributed by atoms with van der Waals surface area (Å²) in [6.07, 6.45) is 9.80. The summed E-state index contributed by atoms with van der Waals surface area (Å²) in [5, 5.41) is 4.05. The molecule has 0 spiro atoms. The maximum atomic E-state index is 12.7.